The highest BCUT2D eigenvalue weighted by atomic mass is 16.5. The molecule has 3 atom stereocenters. The van der Waals surface area contributed by atoms with E-state index in [1.54, 1.807) is 0 Å². The largest absolute Gasteiger partial charge is 0.462 e. The van der Waals surface area contributed by atoms with Gasteiger partial charge in [-0.05, 0) is 49.7 Å². The third kappa shape index (κ3) is 5.41. The lowest BCUT2D eigenvalue weighted by Gasteiger charge is -2.31. The average molecular weight is 289 g/mol. The van der Waals surface area contributed by atoms with Crippen molar-refractivity contribution in [2.45, 2.75) is 52.1 Å². The summed E-state index contributed by atoms with van der Waals surface area (Å²) in [5, 5.41) is 3.31. The fourth-order valence-electron chi connectivity index (χ4n) is 2.87. The van der Waals surface area contributed by atoms with Gasteiger partial charge < -0.3 is 10.1 Å². The summed E-state index contributed by atoms with van der Waals surface area (Å²) < 4.78 is 5.60. The number of hydrogen-bond acceptors (Lipinski definition) is 3. The third-order valence-corrected chi connectivity index (χ3v) is 4.51. The van der Waals surface area contributed by atoms with E-state index in [1.807, 2.05) is 30.3 Å². The Morgan fingerprint density at radius 1 is 1.19 bits per heavy atom. The van der Waals surface area contributed by atoms with Crippen LogP contribution in [0, 0.1) is 11.8 Å². The Morgan fingerprint density at radius 2 is 1.95 bits per heavy atom. The van der Waals surface area contributed by atoms with Crippen LogP contribution < -0.4 is 5.32 Å². The molecule has 0 aromatic heterocycles. The Bertz CT molecular complexity index is 432. The first-order chi connectivity index (χ1) is 10.1. The zero-order chi connectivity index (χ0) is 15.1. The number of benzene rings is 1. The number of hydrogen-bond donors (Lipinski definition) is 1. The molecule has 0 saturated heterocycles. The quantitative estimate of drug-likeness (QED) is 0.628. The van der Waals surface area contributed by atoms with E-state index >= 15 is 0 Å². The maximum absolute atomic E-state index is 11.9. The number of rotatable bonds is 6. The van der Waals surface area contributed by atoms with E-state index in [4.69, 9.17) is 4.74 Å². The number of para-hydroxylation sites is 1. The van der Waals surface area contributed by atoms with Crippen LogP contribution in [0.5, 0.6) is 0 Å². The van der Waals surface area contributed by atoms with Gasteiger partial charge in [0.25, 0.3) is 0 Å². The molecule has 0 aliphatic heterocycles. The van der Waals surface area contributed by atoms with Crippen LogP contribution in [0.3, 0.4) is 0 Å². The van der Waals surface area contributed by atoms with E-state index in [1.165, 1.54) is 6.42 Å². The summed E-state index contributed by atoms with van der Waals surface area (Å²) in [7, 11) is 0. The standard InChI is InChI=1S/C18H27NO2/c1-14-10-11-17(13-15(14)2)21-18(20)9-6-12-19-16-7-4-3-5-8-16/h3-5,7-8,14-15,17,19H,6,9-13H2,1-2H3. The number of anilines is 1. The lowest BCUT2D eigenvalue weighted by Crippen LogP contribution is -2.28. The van der Waals surface area contributed by atoms with Gasteiger partial charge >= 0.3 is 5.97 Å². The molecule has 21 heavy (non-hydrogen) atoms. The summed E-state index contributed by atoms with van der Waals surface area (Å²) in [4.78, 5) is 11.9. The summed E-state index contributed by atoms with van der Waals surface area (Å²) in [6.45, 7) is 5.35. The minimum Gasteiger partial charge on any atom is -0.462 e. The van der Waals surface area contributed by atoms with Gasteiger partial charge in [0.2, 0.25) is 0 Å². The lowest BCUT2D eigenvalue weighted by molar-refractivity contribution is -0.151. The molecule has 0 radical (unpaired) electrons. The zero-order valence-electron chi connectivity index (χ0n) is 13.2. The van der Waals surface area contributed by atoms with Gasteiger partial charge in [-0.3, -0.25) is 4.79 Å². The Morgan fingerprint density at radius 3 is 2.67 bits per heavy atom. The van der Waals surface area contributed by atoms with Gasteiger partial charge in [-0.25, -0.2) is 0 Å². The second kappa shape index (κ2) is 8.06. The van der Waals surface area contributed by atoms with Gasteiger partial charge in [0.15, 0.2) is 0 Å². The topological polar surface area (TPSA) is 38.3 Å². The molecule has 0 spiro atoms. The molecule has 0 heterocycles. The van der Waals surface area contributed by atoms with Gasteiger partial charge in [0, 0.05) is 18.7 Å². The Hall–Kier alpha value is -1.51. The number of carbonyl (C=O) groups is 1. The minimum atomic E-state index is -0.0448. The third-order valence-electron chi connectivity index (χ3n) is 4.51. The number of carbonyl (C=O) groups excluding carboxylic acids is 1. The summed E-state index contributed by atoms with van der Waals surface area (Å²) in [5.41, 5.74) is 1.10. The predicted octanol–water partition coefficient (Wildman–Crippen LogP) is 4.25. The molecule has 1 saturated carbocycles. The molecule has 1 aliphatic rings. The second-order valence-electron chi connectivity index (χ2n) is 6.28. The Kier molecular flexibility index (Phi) is 6.09. The molecule has 0 amide bonds. The van der Waals surface area contributed by atoms with Crippen molar-refractivity contribution in [3.63, 3.8) is 0 Å². The van der Waals surface area contributed by atoms with Crippen LogP contribution in [0.25, 0.3) is 0 Å². The first-order valence-electron chi connectivity index (χ1n) is 8.13. The van der Waals surface area contributed by atoms with Crippen molar-refractivity contribution in [1.82, 2.24) is 0 Å². The van der Waals surface area contributed by atoms with E-state index in [-0.39, 0.29) is 12.1 Å². The molecule has 1 fully saturated rings. The average Bonchev–Trinajstić information content (AvgIpc) is 2.49. The maximum Gasteiger partial charge on any atom is 0.306 e. The Balaban J connectivity index is 1.59. The minimum absolute atomic E-state index is 0.0448. The fourth-order valence-corrected chi connectivity index (χ4v) is 2.87. The lowest BCUT2D eigenvalue weighted by atomic mass is 9.80. The van der Waals surface area contributed by atoms with Crippen molar-refractivity contribution in [3.05, 3.63) is 30.3 Å². The zero-order valence-corrected chi connectivity index (χ0v) is 13.2. The van der Waals surface area contributed by atoms with Crippen LogP contribution in [0.4, 0.5) is 5.69 Å². The molecule has 1 aromatic carbocycles. The van der Waals surface area contributed by atoms with Gasteiger partial charge in [0.1, 0.15) is 6.10 Å². The van der Waals surface area contributed by atoms with E-state index in [0.29, 0.717) is 12.3 Å². The van der Waals surface area contributed by atoms with E-state index in [2.05, 4.69) is 19.2 Å². The SMILES string of the molecule is CC1CCC(OC(=O)CCCNc2ccccc2)CC1C. The monoisotopic (exact) mass is 289 g/mol. The Labute approximate surface area is 128 Å². The molecule has 3 nitrogen and oxygen atoms in total. The summed E-state index contributed by atoms with van der Waals surface area (Å²) >= 11 is 0. The molecule has 3 unspecified atom stereocenters. The van der Waals surface area contributed by atoms with Crippen molar-refractivity contribution in [2.24, 2.45) is 11.8 Å². The summed E-state index contributed by atoms with van der Waals surface area (Å²) in [6.07, 6.45) is 4.68. The highest BCUT2D eigenvalue weighted by Gasteiger charge is 2.26. The molecular formula is C18H27NO2. The molecule has 3 heteroatoms. The van der Waals surface area contributed by atoms with Gasteiger partial charge in [-0.2, -0.15) is 0 Å². The van der Waals surface area contributed by atoms with E-state index < -0.39 is 0 Å². The first kappa shape index (κ1) is 15.9. The molecule has 1 N–H and O–H groups in total. The maximum atomic E-state index is 11.9. The normalized spacial score (nSPS) is 25.3. The smallest absolute Gasteiger partial charge is 0.306 e. The van der Waals surface area contributed by atoms with Crippen molar-refractivity contribution in [2.75, 3.05) is 11.9 Å². The highest BCUT2D eigenvalue weighted by molar-refractivity contribution is 5.69. The predicted molar refractivity (Wildman–Crippen MR) is 86.2 cm³/mol. The van der Waals surface area contributed by atoms with Crippen LogP contribution in [-0.2, 0) is 9.53 Å². The van der Waals surface area contributed by atoms with Crippen LogP contribution in [0.2, 0.25) is 0 Å². The van der Waals surface area contributed by atoms with Gasteiger partial charge in [-0.1, -0.05) is 32.0 Å². The second-order valence-corrected chi connectivity index (χ2v) is 6.28. The van der Waals surface area contributed by atoms with Crippen LogP contribution >= 0.6 is 0 Å². The fraction of sp³-hybridized carbons (Fsp3) is 0.611. The summed E-state index contributed by atoms with van der Waals surface area (Å²) in [6, 6.07) is 10.1. The van der Waals surface area contributed by atoms with Crippen molar-refractivity contribution in [3.8, 4) is 0 Å². The number of ether oxygens (including phenoxy) is 1. The van der Waals surface area contributed by atoms with Crippen molar-refractivity contribution in [1.29, 1.82) is 0 Å². The first-order valence-corrected chi connectivity index (χ1v) is 8.13. The van der Waals surface area contributed by atoms with Crippen LogP contribution in [-0.4, -0.2) is 18.6 Å². The van der Waals surface area contributed by atoms with Crippen molar-refractivity contribution < 1.29 is 9.53 Å². The van der Waals surface area contributed by atoms with Gasteiger partial charge in [0.05, 0.1) is 0 Å². The number of nitrogens with one attached hydrogen (secondary N) is 1. The van der Waals surface area contributed by atoms with E-state index in [0.717, 1.165) is 37.4 Å². The molecule has 116 valence electrons. The molecule has 2 rings (SSSR count). The van der Waals surface area contributed by atoms with Crippen LogP contribution in [0.1, 0.15) is 46.0 Å². The van der Waals surface area contributed by atoms with Gasteiger partial charge in [-0.15, -0.1) is 0 Å². The molecule has 0 bridgehead atoms. The molecule has 1 aromatic rings. The number of esters is 1. The van der Waals surface area contributed by atoms with E-state index in [9.17, 15) is 4.79 Å². The summed E-state index contributed by atoms with van der Waals surface area (Å²) in [5.74, 6) is 1.38. The highest BCUT2D eigenvalue weighted by Crippen LogP contribution is 2.31. The molecular weight excluding hydrogens is 262 g/mol. The molecule has 1 aliphatic carbocycles. The van der Waals surface area contributed by atoms with Crippen molar-refractivity contribution >= 4 is 11.7 Å². The van der Waals surface area contributed by atoms with Crippen LogP contribution in [0.15, 0.2) is 30.3 Å².